The Labute approximate surface area is 155 Å². The maximum atomic E-state index is 12.7. The highest BCUT2D eigenvalue weighted by molar-refractivity contribution is 5.95. The number of anilines is 1. The van der Waals surface area contributed by atoms with Gasteiger partial charge in [0.15, 0.2) is 0 Å². The number of hydrogen-bond acceptors (Lipinski definition) is 4. The molecule has 0 aliphatic carbocycles. The quantitative estimate of drug-likeness (QED) is 0.803. The molecule has 0 radical (unpaired) electrons. The first-order valence-electron chi connectivity index (χ1n) is 9.23. The number of benzene rings is 2. The van der Waals surface area contributed by atoms with E-state index in [0.717, 1.165) is 37.4 Å². The first-order valence-corrected chi connectivity index (χ1v) is 9.23. The zero-order valence-electron chi connectivity index (χ0n) is 15.3. The van der Waals surface area contributed by atoms with E-state index in [1.165, 1.54) is 5.56 Å². The SMILES string of the molecule is CCNCc1ccccc1NC(=O)C1CN(Cc2ccccc2)CCO1. The summed E-state index contributed by atoms with van der Waals surface area (Å²) in [5, 5.41) is 6.34. The zero-order valence-corrected chi connectivity index (χ0v) is 15.3. The van der Waals surface area contributed by atoms with Crippen molar-refractivity contribution in [3.8, 4) is 0 Å². The summed E-state index contributed by atoms with van der Waals surface area (Å²) < 4.78 is 5.73. The molecular weight excluding hydrogens is 326 g/mol. The molecule has 1 saturated heterocycles. The highest BCUT2D eigenvalue weighted by Crippen LogP contribution is 2.17. The van der Waals surface area contributed by atoms with Crippen molar-refractivity contribution in [1.82, 2.24) is 10.2 Å². The lowest BCUT2D eigenvalue weighted by atomic mass is 10.1. The van der Waals surface area contributed by atoms with Crippen LogP contribution in [-0.2, 0) is 22.6 Å². The third-order valence-corrected chi connectivity index (χ3v) is 4.53. The Bertz CT molecular complexity index is 705. The molecule has 1 aliphatic rings. The topological polar surface area (TPSA) is 53.6 Å². The number of carbonyl (C=O) groups excluding carboxylic acids is 1. The maximum absolute atomic E-state index is 12.7. The average molecular weight is 353 g/mol. The number of morpholine rings is 1. The Morgan fingerprint density at radius 3 is 2.73 bits per heavy atom. The van der Waals surface area contributed by atoms with Crippen LogP contribution in [0.4, 0.5) is 5.69 Å². The summed E-state index contributed by atoms with van der Waals surface area (Å²) in [6.45, 7) is 6.56. The van der Waals surface area contributed by atoms with Gasteiger partial charge < -0.3 is 15.4 Å². The summed E-state index contributed by atoms with van der Waals surface area (Å²) >= 11 is 0. The average Bonchev–Trinajstić information content (AvgIpc) is 2.68. The predicted molar refractivity (Wildman–Crippen MR) is 104 cm³/mol. The lowest BCUT2D eigenvalue weighted by Gasteiger charge is -2.32. The smallest absolute Gasteiger partial charge is 0.254 e. The number of rotatable bonds is 7. The largest absolute Gasteiger partial charge is 0.366 e. The van der Waals surface area contributed by atoms with Gasteiger partial charge in [-0.25, -0.2) is 0 Å². The van der Waals surface area contributed by atoms with Gasteiger partial charge in [0, 0.05) is 31.9 Å². The van der Waals surface area contributed by atoms with E-state index in [0.29, 0.717) is 13.2 Å². The second kappa shape index (κ2) is 9.48. The lowest BCUT2D eigenvalue weighted by Crippen LogP contribution is -2.47. The third-order valence-electron chi connectivity index (χ3n) is 4.53. The van der Waals surface area contributed by atoms with Crippen LogP contribution in [0.25, 0.3) is 0 Å². The molecule has 1 atom stereocenters. The van der Waals surface area contributed by atoms with Gasteiger partial charge in [-0.3, -0.25) is 9.69 Å². The maximum Gasteiger partial charge on any atom is 0.254 e. The summed E-state index contributed by atoms with van der Waals surface area (Å²) in [6, 6.07) is 18.2. The summed E-state index contributed by atoms with van der Waals surface area (Å²) in [5.74, 6) is -0.0771. The van der Waals surface area contributed by atoms with Crippen LogP contribution in [0.15, 0.2) is 54.6 Å². The molecule has 3 rings (SSSR count). The molecule has 138 valence electrons. The van der Waals surface area contributed by atoms with Crippen LogP contribution in [-0.4, -0.2) is 43.2 Å². The van der Waals surface area contributed by atoms with Gasteiger partial charge in [-0.05, 0) is 23.7 Å². The van der Waals surface area contributed by atoms with Crippen molar-refractivity contribution in [1.29, 1.82) is 0 Å². The molecule has 5 heteroatoms. The van der Waals surface area contributed by atoms with Crippen molar-refractivity contribution in [2.45, 2.75) is 26.1 Å². The van der Waals surface area contributed by atoms with Crippen LogP contribution in [0.5, 0.6) is 0 Å². The van der Waals surface area contributed by atoms with Crippen molar-refractivity contribution in [3.63, 3.8) is 0 Å². The van der Waals surface area contributed by atoms with Gasteiger partial charge in [0.25, 0.3) is 5.91 Å². The molecule has 1 unspecified atom stereocenters. The van der Waals surface area contributed by atoms with Crippen molar-refractivity contribution in [2.75, 3.05) is 31.6 Å². The molecule has 0 spiro atoms. The fourth-order valence-corrected chi connectivity index (χ4v) is 3.12. The summed E-state index contributed by atoms with van der Waals surface area (Å²) in [5.41, 5.74) is 3.19. The molecule has 1 amide bonds. The molecule has 1 heterocycles. The van der Waals surface area contributed by atoms with Crippen LogP contribution in [0.1, 0.15) is 18.1 Å². The van der Waals surface area contributed by atoms with E-state index < -0.39 is 6.10 Å². The van der Waals surface area contributed by atoms with Gasteiger partial charge in [0.2, 0.25) is 0 Å². The molecule has 1 aliphatic heterocycles. The number of hydrogen-bond donors (Lipinski definition) is 2. The van der Waals surface area contributed by atoms with Gasteiger partial charge in [0.05, 0.1) is 6.61 Å². The van der Waals surface area contributed by atoms with Crippen LogP contribution in [0.3, 0.4) is 0 Å². The van der Waals surface area contributed by atoms with E-state index in [1.807, 2.05) is 42.5 Å². The fraction of sp³-hybridized carbons (Fsp3) is 0.381. The van der Waals surface area contributed by atoms with E-state index in [-0.39, 0.29) is 5.91 Å². The third kappa shape index (κ3) is 5.14. The Morgan fingerprint density at radius 2 is 1.92 bits per heavy atom. The normalized spacial score (nSPS) is 17.8. The molecule has 2 aromatic rings. The van der Waals surface area contributed by atoms with Gasteiger partial charge >= 0.3 is 0 Å². The monoisotopic (exact) mass is 353 g/mol. The first kappa shape index (κ1) is 18.6. The molecule has 0 aromatic heterocycles. The molecule has 5 nitrogen and oxygen atoms in total. The second-order valence-corrected chi connectivity index (χ2v) is 6.51. The van der Waals surface area contributed by atoms with Crippen LogP contribution in [0.2, 0.25) is 0 Å². The Hall–Kier alpha value is -2.21. The number of nitrogens with one attached hydrogen (secondary N) is 2. The van der Waals surface area contributed by atoms with Gasteiger partial charge in [-0.15, -0.1) is 0 Å². The fourth-order valence-electron chi connectivity index (χ4n) is 3.12. The highest BCUT2D eigenvalue weighted by Gasteiger charge is 2.27. The summed E-state index contributed by atoms with van der Waals surface area (Å²) in [6.07, 6.45) is -0.445. The van der Waals surface area contributed by atoms with Crippen molar-refractivity contribution >= 4 is 11.6 Å². The van der Waals surface area contributed by atoms with E-state index in [2.05, 4.69) is 34.6 Å². The molecule has 2 aromatic carbocycles. The minimum Gasteiger partial charge on any atom is -0.366 e. The van der Waals surface area contributed by atoms with Gasteiger partial charge in [-0.1, -0.05) is 55.5 Å². The number of ether oxygens (including phenoxy) is 1. The van der Waals surface area contributed by atoms with Gasteiger partial charge in [-0.2, -0.15) is 0 Å². The van der Waals surface area contributed by atoms with E-state index in [4.69, 9.17) is 4.74 Å². The Kier molecular flexibility index (Phi) is 6.77. The Morgan fingerprint density at radius 1 is 1.15 bits per heavy atom. The molecular formula is C21H27N3O2. The van der Waals surface area contributed by atoms with Crippen molar-refractivity contribution in [3.05, 3.63) is 65.7 Å². The molecule has 0 saturated carbocycles. The molecule has 1 fully saturated rings. The van der Waals surface area contributed by atoms with E-state index >= 15 is 0 Å². The van der Waals surface area contributed by atoms with E-state index in [9.17, 15) is 4.79 Å². The minimum absolute atomic E-state index is 0.0771. The van der Waals surface area contributed by atoms with E-state index in [1.54, 1.807) is 0 Å². The molecule has 2 N–H and O–H groups in total. The van der Waals surface area contributed by atoms with Crippen LogP contribution < -0.4 is 10.6 Å². The molecule has 0 bridgehead atoms. The number of carbonyl (C=O) groups is 1. The van der Waals surface area contributed by atoms with Crippen molar-refractivity contribution in [2.24, 2.45) is 0 Å². The van der Waals surface area contributed by atoms with Crippen molar-refractivity contribution < 1.29 is 9.53 Å². The highest BCUT2D eigenvalue weighted by atomic mass is 16.5. The second-order valence-electron chi connectivity index (χ2n) is 6.51. The number of amides is 1. The number of nitrogens with zero attached hydrogens (tertiary/aromatic N) is 1. The minimum atomic E-state index is -0.445. The standard InChI is InChI=1S/C21H27N3O2/c1-2-22-14-18-10-6-7-11-19(18)23-21(25)20-16-24(12-13-26-20)15-17-8-4-3-5-9-17/h3-11,20,22H,2,12-16H2,1H3,(H,23,25). The zero-order chi connectivity index (χ0) is 18.2. The lowest BCUT2D eigenvalue weighted by molar-refractivity contribution is -0.133. The Balaban J connectivity index is 1.59. The first-order chi connectivity index (χ1) is 12.8. The number of para-hydroxylation sites is 1. The molecule has 26 heavy (non-hydrogen) atoms. The summed E-state index contributed by atoms with van der Waals surface area (Å²) in [7, 11) is 0. The van der Waals surface area contributed by atoms with Crippen LogP contribution in [0, 0.1) is 0 Å². The summed E-state index contributed by atoms with van der Waals surface area (Å²) in [4.78, 5) is 15.0. The predicted octanol–water partition coefficient (Wildman–Crippen LogP) is 2.64. The van der Waals surface area contributed by atoms with Crippen LogP contribution >= 0.6 is 0 Å². The van der Waals surface area contributed by atoms with Gasteiger partial charge in [0.1, 0.15) is 6.10 Å².